The van der Waals surface area contributed by atoms with E-state index in [-0.39, 0.29) is 11.9 Å². The molecule has 1 aliphatic carbocycles. The zero-order valence-corrected chi connectivity index (χ0v) is 21.2. The van der Waals surface area contributed by atoms with Gasteiger partial charge in [0.25, 0.3) is 0 Å². The number of amides is 1. The summed E-state index contributed by atoms with van der Waals surface area (Å²) >= 11 is 0. The molecule has 1 aliphatic heterocycles. The number of nitrogens with zero attached hydrogens (tertiary/aromatic N) is 3. The number of carbonyl (C=O) groups is 1. The smallest absolute Gasteiger partial charge is 0.345 e. The van der Waals surface area contributed by atoms with Crippen molar-refractivity contribution in [1.82, 2.24) is 15.2 Å². The van der Waals surface area contributed by atoms with Crippen LogP contribution in [-0.4, -0.2) is 42.0 Å². The second-order valence-electron chi connectivity index (χ2n) is 10.2. The molecule has 5 rings (SSSR count). The van der Waals surface area contributed by atoms with Crippen molar-refractivity contribution in [2.45, 2.75) is 31.6 Å². The summed E-state index contributed by atoms with van der Waals surface area (Å²) in [7, 11) is 2.00. The van der Waals surface area contributed by atoms with Gasteiger partial charge in [-0.3, -0.25) is 9.78 Å². The maximum atomic E-state index is 13.4. The summed E-state index contributed by atoms with van der Waals surface area (Å²) in [6, 6.07) is 17.1. The average Bonchev–Trinajstić information content (AvgIpc) is 3.53. The summed E-state index contributed by atoms with van der Waals surface area (Å²) in [4.78, 5) is 21.5. The number of pyridine rings is 1. The maximum Gasteiger partial charge on any atom is 0.416 e. The molecule has 1 amide bonds. The third-order valence-corrected chi connectivity index (χ3v) is 7.74. The van der Waals surface area contributed by atoms with Crippen LogP contribution in [0.25, 0.3) is 6.08 Å². The van der Waals surface area contributed by atoms with Gasteiger partial charge in [-0.15, -0.1) is 0 Å². The Hall–Kier alpha value is -3.65. The van der Waals surface area contributed by atoms with Crippen LogP contribution in [0, 0.1) is 11.8 Å². The molecule has 2 aromatic carbocycles. The normalized spacial score (nSPS) is 21.0. The first-order chi connectivity index (χ1) is 18.3. The molecule has 0 radical (unpaired) electrons. The van der Waals surface area contributed by atoms with Crippen molar-refractivity contribution in [3.63, 3.8) is 0 Å². The third kappa shape index (κ3) is 5.91. The minimum atomic E-state index is -4.38. The molecule has 1 aromatic heterocycles. The van der Waals surface area contributed by atoms with Crippen molar-refractivity contribution in [2.24, 2.45) is 11.8 Å². The first-order valence-electron chi connectivity index (χ1n) is 12.9. The van der Waals surface area contributed by atoms with Gasteiger partial charge < -0.3 is 15.1 Å². The Balaban J connectivity index is 1.32. The zero-order chi connectivity index (χ0) is 26.7. The van der Waals surface area contributed by atoms with Gasteiger partial charge in [0.05, 0.1) is 5.56 Å². The molecule has 1 saturated heterocycles. The summed E-state index contributed by atoms with van der Waals surface area (Å²) in [5, 5.41) is 3.45. The summed E-state index contributed by atoms with van der Waals surface area (Å²) in [5.41, 5.74) is 2.95. The number of nitrogens with one attached hydrogen (secondary N) is 1. The van der Waals surface area contributed by atoms with Crippen molar-refractivity contribution in [3.8, 4) is 0 Å². The first-order valence-corrected chi connectivity index (χ1v) is 12.9. The van der Waals surface area contributed by atoms with Crippen LogP contribution in [0.5, 0.6) is 0 Å². The lowest BCUT2D eigenvalue weighted by molar-refractivity contribution is -0.137. The number of benzene rings is 2. The summed E-state index contributed by atoms with van der Waals surface area (Å²) in [5.74, 6) is 1.02. The lowest BCUT2D eigenvalue weighted by atomic mass is 10.0. The minimum Gasteiger partial charge on any atom is -0.345 e. The predicted molar refractivity (Wildman–Crippen MR) is 143 cm³/mol. The Bertz CT molecular complexity index is 1250. The number of hydrogen-bond donors (Lipinski definition) is 1. The summed E-state index contributed by atoms with van der Waals surface area (Å²) < 4.78 is 38.7. The zero-order valence-electron chi connectivity index (χ0n) is 21.2. The van der Waals surface area contributed by atoms with Crippen LogP contribution in [0.4, 0.5) is 24.5 Å². The van der Waals surface area contributed by atoms with Crippen molar-refractivity contribution in [1.29, 1.82) is 0 Å². The molecule has 2 aliphatic rings. The SMILES string of the molecule is CN(c1ccncc1)c1ccc(CN(C(=O)/C=C/c2ccc(C(F)(F)F)cc2)C2C[C@H]3CNC[C@H]3C2)cc1. The van der Waals surface area contributed by atoms with E-state index in [9.17, 15) is 18.0 Å². The molecule has 1 N–H and O–H groups in total. The molecule has 0 spiro atoms. The van der Waals surface area contributed by atoms with Gasteiger partial charge in [-0.25, -0.2) is 0 Å². The predicted octanol–water partition coefficient (Wildman–Crippen LogP) is 5.91. The minimum absolute atomic E-state index is 0.124. The van der Waals surface area contributed by atoms with Gasteiger partial charge in [-0.05, 0) is 91.4 Å². The Morgan fingerprint density at radius 3 is 2.16 bits per heavy atom. The molecule has 3 atom stereocenters. The number of rotatable bonds is 7. The van der Waals surface area contributed by atoms with Crippen molar-refractivity contribution in [3.05, 3.63) is 95.8 Å². The van der Waals surface area contributed by atoms with Crippen LogP contribution in [0.2, 0.25) is 0 Å². The second kappa shape index (κ2) is 11.0. The lowest BCUT2D eigenvalue weighted by Crippen LogP contribution is -2.38. The van der Waals surface area contributed by atoms with Gasteiger partial charge >= 0.3 is 6.18 Å². The number of alkyl halides is 3. The molecule has 8 heteroatoms. The van der Waals surface area contributed by atoms with Crippen molar-refractivity contribution >= 4 is 23.4 Å². The van der Waals surface area contributed by atoms with E-state index < -0.39 is 11.7 Å². The van der Waals surface area contributed by atoms with Crippen LogP contribution in [-0.2, 0) is 17.5 Å². The van der Waals surface area contributed by atoms with Gasteiger partial charge in [0.1, 0.15) is 0 Å². The standard InChI is InChI=1S/C30H31F3N4O/c1-36(27-12-14-34-15-13-27)26-9-4-22(5-10-26)20-37(28-16-23-18-35-19-24(23)17-28)29(38)11-6-21-2-7-25(8-3-21)30(31,32)33/h2-15,23-24,28,35H,16-20H2,1H3/b11-6+/t23-,24+,28?. The molecule has 0 bridgehead atoms. The van der Waals surface area contributed by atoms with Crippen molar-refractivity contribution in [2.75, 3.05) is 25.0 Å². The fraction of sp³-hybridized carbons (Fsp3) is 0.333. The number of halogens is 3. The van der Waals surface area contributed by atoms with E-state index in [0.717, 1.165) is 55.0 Å². The van der Waals surface area contributed by atoms with Gasteiger partial charge in [0.15, 0.2) is 0 Å². The van der Waals surface area contributed by atoms with E-state index >= 15 is 0 Å². The average molecular weight is 521 g/mol. The molecule has 1 unspecified atom stereocenters. The van der Waals surface area contributed by atoms with Crippen LogP contribution in [0.15, 0.2) is 79.1 Å². The second-order valence-corrected chi connectivity index (χ2v) is 10.2. The molecule has 5 nitrogen and oxygen atoms in total. The van der Waals surface area contributed by atoms with Crippen molar-refractivity contribution < 1.29 is 18.0 Å². The molecule has 1 saturated carbocycles. The fourth-order valence-corrected chi connectivity index (χ4v) is 5.56. The molecule has 2 fully saturated rings. The topological polar surface area (TPSA) is 48.5 Å². The highest BCUT2D eigenvalue weighted by Crippen LogP contribution is 2.38. The van der Waals surface area contributed by atoms with E-state index in [1.807, 2.05) is 48.3 Å². The number of hydrogen-bond acceptors (Lipinski definition) is 4. The number of anilines is 2. The summed E-state index contributed by atoms with van der Waals surface area (Å²) in [6.07, 6.45) is 4.14. The largest absolute Gasteiger partial charge is 0.416 e. The molecule has 3 aromatic rings. The van der Waals surface area contributed by atoms with Gasteiger partial charge in [0.2, 0.25) is 5.91 Å². The van der Waals surface area contributed by atoms with Crippen LogP contribution in [0.3, 0.4) is 0 Å². The van der Waals surface area contributed by atoms with E-state index in [1.165, 1.54) is 18.2 Å². The molecular weight excluding hydrogens is 489 g/mol. The van der Waals surface area contributed by atoms with E-state index in [4.69, 9.17) is 0 Å². The first kappa shape index (κ1) is 26.0. The highest BCUT2D eigenvalue weighted by atomic mass is 19.4. The van der Waals surface area contributed by atoms with E-state index in [0.29, 0.717) is 23.9 Å². The van der Waals surface area contributed by atoms with Crippen LogP contribution >= 0.6 is 0 Å². The van der Waals surface area contributed by atoms with Gasteiger partial charge in [0, 0.05) is 49.5 Å². The Kier molecular flexibility index (Phi) is 7.51. The van der Waals surface area contributed by atoms with Gasteiger partial charge in [-0.2, -0.15) is 13.2 Å². The van der Waals surface area contributed by atoms with Gasteiger partial charge in [-0.1, -0.05) is 24.3 Å². The number of fused-ring (bicyclic) bond motifs is 1. The van der Waals surface area contributed by atoms with E-state index in [2.05, 4.69) is 15.2 Å². The highest BCUT2D eigenvalue weighted by molar-refractivity contribution is 5.92. The quantitative estimate of drug-likeness (QED) is 0.394. The Labute approximate surface area is 221 Å². The molecule has 38 heavy (non-hydrogen) atoms. The third-order valence-electron chi connectivity index (χ3n) is 7.74. The lowest BCUT2D eigenvalue weighted by Gasteiger charge is -2.29. The fourth-order valence-electron chi connectivity index (χ4n) is 5.56. The Morgan fingerprint density at radius 1 is 0.947 bits per heavy atom. The van der Waals surface area contributed by atoms with Crippen LogP contribution < -0.4 is 10.2 Å². The maximum absolute atomic E-state index is 13.4. The van der Waals surface area contributed by atoms with Crippen LogP contribution in [0.1, 0.15) is 29.5 Å². The Morgan fingerprint density at radius 2 is 1.55 bits per heavy atom. The highest BCUT2D eigenvalue weighted by Gasteiger charge is 2.40. The van der Waals surface area contributed by atoms with E-state index in [1.54, 1.807) is 18.5 Å². The number of aromatic nitrogens is 1. The monoisotopic (exact) mass is 520 g/mol. The molecule has 198 valence electrons. The summed E-state index contributed by atoms with van der Waals surface area (Å²) in [6.45, 7) is 2.45. The molecule has 2 heterocycles. The number of carbonyl (C=O) groups excluding carboxylic acids is 1. The molecular formula is C30H31F3N4O.